The van der Waals surface area contributed by atoms with Crippen LogP contribution in [0.4, 0.5) is 23.0 Å². The molecule has 0 spiro atoms. The molecule has 8 nitrogen and oxygen atoms in total. The van der Waals surface area contributed by atoms with Crippen LogP contribution in [0.2, 0.25) is 0 Å². The minimum atomic E-state index is -3.62. The molecule has 1 aliphatic rings. The van der Waals surface area contributed by atoms with Gasteiger partial charge in [0.05, 0.1) is 18.6 Å². The van der Waals surface area contributed by atoms with E-state index < -0.39 is 10.0 Å². The minimum absolute atomic E-state index is 0.473. The van der Waals surface area contributed by atoms with Gasteiger partial charge in [-0.3, -0.25) is 4.72 Å². The summed E-state index contributed by atoms with van der Waals surface area (Å²) in [5, 5.41) is 4.42. The quantitative estimate of drug-likeness (QED) is 0.564. The average molecular weight is 452 g/mol. The SMILES string of the molecule is Cc1nc(Nc2ccc(NS(=O)(=O)/C=C/c3ccccc3)cc2)cc(N2CCOCC2)n1. The molecule has 0 unspecified atom stereocenters. The van der Waals surface area contributed by atoms with Crippen LogP contribution in [0, 0.1) is 6.92 Å². The number of aromatic nitrogens is 2. The second kappa shape index (κ2) is 9.80. The number of benzene rings is 2. The molecule has 1 aromatic heterocycles. The predicted molar refractivity (Wildman–Crippen MR) is 128 cm³/mol. The van der Waals surface area contributed by atoms with Crippen LogP contribution >= 0.6 is 0 Å². The van der Waals surface area contributed by atoms with Crippen molar-refractivity contribution in [1.82, 2.24) is 9.97 Å². The van der Waals surface area contributed by atoms with E-state index in [1.54, 1.807) is 30.3 Å². The van der Waals surface area contributed by atoms with Gasteiger partial charge in [-0.25, -0.2) is 18.4 Å². The van der Waals surface area contributed by atoms with E-state index in [9.17, 15) is 8.42 Å². The van der Waals surface area contributed by atoms with Gasteiger partial charge in [0.25, 0.3) is 10.0 Å². The zero-order valence-corrected chi connectivity index (χ0v) is 18.5. The molecule has 2 N–H and O–H groups in total. The van der Waals surface area contributed by atoms with Crippen LogP contribution in [0.25, 0.3) is 6.08 Å². The van der Waals surface area contributed by atoms with Gasteiger partial charge in [-0.2, -0.15) is 0 Å². The third-order valence-electron chi connectivity index (χ3n) is 4.82. The van der Waals surface area contributed by atoms with Crippen molar-refractivity contribution in [2.45, 2.75) is 6.92 Å². The van der Waals surface area contributed by atoms with E-state index in [1.165, 1.54) is 0 Å². The Kier molecular flexibility index (Phi) is 6.67. The predicted octanol–water partition coefficient (Wildman–Crippen LogP) is 3.78. The topological polar surface area (TPSA) is 96.5 Å². The van der Waals surface area contributed by atoms with Crippen molar-refractivity contribution in [2.24, 2.45) is 0 Å². The maximum Gasteiger partial charge on any atom is 0.255 e. The zero-order chi connectivity index (χ0) is 22.4. The third-order valence-corrected chi connectivity index (χ3v) is 5.83. The molecule has 0 bridgehead atoms. The number of morpholine rings is 1. The Balaban J connectivity index is 1.42. The van der Waals surface area contributed by atoms with Crippen LogP contribution in [0.3, 0.4) is 0 Å². The first kappa shape index (κ1) is 21.8. The highest BCUT2D eigenvalue weighted by Crippen LogP contribution is 2.22. The average Bonchev–Trinajstić information content (AvgIpc) is 2.80. The first-order valence-corrected chi connectivity index (χ1v) is 11.8. The van der Waals surface area contributed by atoms with Crippen molar-refractivity contribution in [3.8, 4) is 0 Å². The second-order valence-electron chi connectivity index (χ2n) is 7.32. The molecule has 1 aliphatic heterocycles. The summed E-state index contributed by atoms with van der Waals surface area (Å²) in [5.74, 6) is 2.21. The Morgan fingerprint density at radius 3 is 2.38 bits per heavy atom. The zero-order valence-electron chi connectivity index (χ0n) is 17.7. The normalized spacial score (nSPS) is 14.5. The second-order valence-corrected chi connectivity index (χ2v) is 8.89. The number of sulfonamides is 1. The van der Waals surface area contributed by atoms with Crippen molar-refractivity contribution in [3.05, 3.63) is 77.5 Å². The molecule has 166 valence electrons. The lowest BCUT2D eigenvalue weighted by atomic mass is 10.2. The highest BCUT2D eigenvalue weighted by atomic mass is 32.2. The molecule has 0 amide bonds. The number of rotatable bonds is 7. The van der Waals surface area contributed by atoms with E-state index in [2.05, 4.69) is 24.9 Å². The highest BCUT2D eigenvalue weighted by molar-refractivity contribution is 7.95. The molecule has 1 fully saturated rings. The molecule has 2 aromatic carbocycles. The first-order valence-electron chi connectivity index (χ1n) is 10.3. The van der Waals surface area contributed by atoms with Crippen LogP contribution in [0.5, 0.6) is 0 Å². The Hall–Kier alpha value is -3.43. The first-order chi connectivity index (χ1) is 15.5. The third kappa shape index (κ3) is 6.05. The monoisotopic (exact) mass is 451 g/mol. The van der Waals surface area contributed by atoms with Crippen LogP contribution in [-0.2, 0) is 14.8 Å². The maximum atomic E-state index is 12.3. The van der Waals surface area contributed by atoms with Crippen LogP contribution in [-0.4, -0.2) is 44.7 Å². The summed E-state index contributed by atoms with van der Waals surface area (Å²) < 4.78 is 32.6. The lowest BCUT2D eigenvalue weighted by Crippen LogP contribution is -2.36. The Bertz CT molecular complexity index is 1180. The molecule has 3 aromatic rings. The van der Waals surface area contributed by atoms with Crippen molar-refractivity contribution in [1.29, 1.82) is 0 Å². The van der Waals surface area contributed by atoms with Gasteiger partial charge < -0.3 is 15.0 Å². The standard InChI is InChI=1S/C23H25N5O3S/c1-18-24-22(17-23(25-18)28-12-14-31-15-13-28)26-20-7-9-21(10-8-20)27-32(29,30)16-11-19-5-3-2-4-6-19/h2-11,16-17,27H,12-15H2,1H3,(H,24,25,26)/b16-11+. The fourth-order valence-corrected chi connectivity index (χ4v) is 4.14. The van der Waals surface area contributed by atoms with Gasteiger partial charge in [-0.05, 0) is 42.8 Å². The molecule has 4 rings (SSSR count). The number of hydrogen-bond donors (Lipinski definition) is 2. The lowest BCUT2D eigenvalue weighted by molar-refractivity contribution is 0.122. The molecular formula is C23H25N5O3S. The van der Waals surface area contributed by atoms with Crippen LogP contribution in [0.15, 0.2) is 66.1 Å². The number of hydrogen-bond acceptors (Lipinski definition) is 7. The summed E-state index contributed by atoms with van der Waals surface area (Å²) in [4.78, 5) is 11.2. The molecule has 2 heterocycles. The summed E-state index contributed by atoms with van der Waals surface area (Å²) in [6, 6.07) is 18.2. The Labute approximate surface area is 188 Å². The maximum absolute atomic E-state index is 12.3. The molecular weight excluding hydrogens is 426 g/mol. The van der Waals surface area contributed by atoms with Crippen LogP contribution in [0.1, 0.15) is 11.4 Å². The minimum Gasteiger partial charge on any atom is -0.378 e. The van der Waals surface area contributed by atoms with E-state index in [0.717, 1.165) is 35.6 Å². The molecule has 0 atom stereocenters. The number of aryl methyl sites for hydroxylation is 1. The van der Waals surface area contributed by atoms with E-state index in [0.29, 0.717) is 30.5 Å². The van der Waals surface area contributed by atoms with Crippen molar-refractivity contribution in [3.63, 3.8) is 0 Å². The number of ether oxygens (including phenoxy) is 1. The molecule has 1 saturated heterocycles. The summed E-state index contributed by atoms with van der Waals surface area (Å²) in [7, 11) is -3.62. The summed E-state index contributed by atoms with van der Waals surface area (Å²) >= 11 is 0. The van der Waals surface area contributed by atoms with Crippen molar-refractivity contribution < 1.29 is 13.2 Å². The summed E-state index contributed by atoms with van der Waals surface area (Å²) in [5.41, 5.74) is 2.08. The lowest BCUT2D eigenvalue weighted by Gasteiger charge is -2.28. The van der Waals surface area contributed by atoms with Crippen LogP contribution < -0.4 is 14.9 Å². The largest absolute Gasteiger partial charge is 0.378 e. The van der Waals surface area contributed by atoms with Crippen molar-refractivity contribution in [2.75, 3.05) is 41.2 Å². The van der Waals surface area contributed by atoms with Gasteiger partial charge in [-0.15, -0.1) is 0 Å². The van der Waals surface area contributed by atoms with E-state index >= 15 is 0 Å². The van der Waals surface area contributed by atoms with Crippen molar-refractivity contribution >= 4 is 39.1 Å². The Morgan fingerprint density at radius 2 is 1.66 bits per heavy atom. The summed E-state index contributed by atoms with van der Waals surface area (Å²) in [6.45, 7) is 4.82. The molecule has 9 heteroatoms. The van der Waals surface area contributed by atoms with Gasteiger partial charge in [0.2, 0.25) is 0 Å². The van der Waals surface area contributed by atoms with E-state index in [-0.39, 0.29) is 0 Å². The van der Waals surface area contributed by atoms with Gasteiger partial charge >= 0.3 is 0 Å². The van der Waals surface area contributed by atoms with E-state index in [4.69, 9.17) is 4.74 Å². The number of nitrogens with zero attached hydrogens (tertiary/aromatic N) is 3. The molecule has 0 saturated carbocycles. The number of nitrogens with one attached hydrogen (secondary N) is 2. The summed E-state index contributed by atoms with van der Waals surface area (Å²) in [6.07, 6.45) is 1.56. The number of anilines is 4. The fourth-order valence-electron chi connectivity index (χ4n) is 3.27. The van der Waals surface area contributed by atoms with E-state index in [1.807, 2.05) is 43.3 Å². The Morgan fingerprint density at radius 1 is 0.969 bits per heavy atom. The van der Waals surface area contributed by atoms with Gasteiger partial charge in [0, 0.05) is 30.5 Å². The smallest absolute Gasteiger partial charge is 0.255 e. The fraction of sp³-hybridized carbons (Fsp3) is 0.217. The highest BCUT2D eigenvalue weighted by Gasteiger charge is 2.14. The molecule has 0 radical (unpaired) electrons. The van der Waals surface area contributed by atoms with Gasteiger partial charge in [-0.1, -0.05) is 30.3 Å². The van der Waals surface area contributed by atoms with Gasteiger partial charge in [0.1, 0.15) is 17.5 Å². The molecule has 0 aliphatic carbocycles. The molecule has 32 heavy (non-hydrogen) atoms. The van der Waals surface area contributed by atoms with Gasteiger partial charge in [0.15, 0.2) is 0 Å².